The predicted octanol–water partition coefficient (Wildman–Crippen LogP) is 4.77. The Morgan fingerprint density at radius 2 is 1.62 bits per heavy atom. The summed E-state index contributed by atoms with van der Waals surface area (Å²) in [4.78, 5) is 28.8. The number of nitrogens with one attached hydrogen (secondary N) is 2. The van der Waals surface area contributed by atoms with Gasteiger partial charge in [-0.05, 0) is 60.6 Å². The second kappa shape index (κ2) is 14.5. The number of para-hydroxylation sites is 1. The van der Waals surface area contributed by atoms with Gasteiger partial charge in [-0.2, -0.15) is 0 Å². The van der Waals surface area contributed by atoms with Crippen molar-refractivity contribution in [1.29, 1.82) is 0 Å². The van der Waals surface area contributed by atoms with E-state index in [0.29, 0.717) is 32.5 Å². The number of rotatable bonds is 13. The number of hydrogen-bond acceptors (Lipinski definition) is 5. The van der Waals surface area contributed by atoms with Crippen LogP contribution in [0.5, 0.6) is 5.75 Å². The molecule has 4 rings (SSSR count). The van der Waals surface area contributed by atoms with Crippen molar-refractivity contribution in [1.82, 2.24) is 10.2 Å². The monoisotopic (exact) mass is 542 g/mol. The third kappa shape index (κ3) is 8.58. The Labute approximate surface area is 238 Å². The predicted molar refractivity (Wildman–Crippen MR) is 160 cm³/mol. The average molecular weight is 543 g/mol. The summed E-state index contributed by atoms with van der Waals surface area (Å²) in [7, 11) is 0. The number of likely N-dealkylation sites (tertiary alicyclic amines) is 1. The summed E-state index contributed by atoms with van der Waals surface area (Å²) in [6.07, 6.45) is 2.81. The molecule has 0 radical (unpaired) electrons. The fourth-order valence-electron chi connectivity index (χ4n) is 5.12. The molecular weight excluding hydrogens is 500 g/mol. The topological polar surface area (TPSA) is 96.7 Å². The summed E-state index contributed by atoms with van der Waals surface area (Å²) in [5.74, 6) is 0.690. The second-order valence-corrected chi connectivity index (χ2v) is 11.0. The molecule has 3 atom stereocenters. The molecule has 4 N–H and O–H groups in total. The van der Waals surface area contributed by atoms with Crippen LogP contribution in [-0.4, -0.2) is 47.9 Å². The van der Waals surface area contributed by atoms with Gasteiger partial charge >= 0.3 is 0 Å². The number of ether oxygens (including phenoxy) is 1. The molecule has 3 unspecified atom stereocenters. The number of benzene rings is 3. The summed E-state index contributed by atoms with van der Waals surface area (Å²) in [6.45, 7) is 5.89. The highest BCUT2D eigenvalue weighted by Gasteiger charge is 2.34. The van der Waals surface area contributed by atoms with E-state index in [2.05, 4.69) is 10.6 Å². The van der Waals surface area contributed by atoms with Crippen LogP contribution in [0.3, 0.4) is 0 Å². The Morgan fingerprint density at radius 1 is 0.950 bits per heavy atom. The van der Waals surface area contributed by atoms with Crippen LogP contribution in [0.1, 0.15) is 44.2 Å². The summed E-state index contributed by atoms with van der Waals surface area (Å²) < 4.78 is 5.92. The van der Waals surface area contributed by atoms with Crippen LogP contribution in [-0.2, 0) is 22.6 Å². The lowest BCUT2D eigenvalue weighted by Crippen LogP contribution is -2.55. The van der Waals surface area contributed by atoms with Crippen LogP contribution in [0, 0.1) is 5.92 Å². The first-order valence-electron chi connectivity index (χ1n) is 14.3. The van der Waals surface area contributed by atoms with Crippen LogP contribution in [0.15, 0.2) is 84.9 Å². The van der Waals surface area contributed by atoms with Crippen molar-refractivity contribution in [3.05, 3.63) is 96.1 Å². The number of nitrogens with two attached hydrogens (primary N) is 1. The van der Waals surface area contributed by atoms with Crippen LogP contribution >= 0.6 is 0 Å². The first kappa shape index (κ1) is 29.2. The van der Waals surface area contributed by atoms with Gasteiger partial charge < -0.3 is 26.0 Å². The Kier molecular flexibility index (Phi) is 10.6. The quantitative estimate of drug-likeness (QED) is 0.289. The lowest BCUT2D eigenvalue weighted by atomic mass is 10.0. The lowest BCUT2D eigenvalue weighted by Gasteiger charge is -2.30. The molecule has 1 heterocycles. The third-order valence-electron chi connectivity index (χ3n) is 7.26. The van der Waals surface area contributed by atoms with Gasteiger partial charge in [-0.25, -0.2) is 0 Å². The van der Waals surface area contributed by atoms with E-state index < -0.39 is 12.1 Å². The molecule has 3 aromatic rings. The average Bonchev–Trinajstić information content (AvgIpc) is 3.44. The number of anilines is 1. The Balaban J connectivity index is 1.43. The fourth-order valence-corrected chi connectivity index (χ4v) is 5.12. The molecule has 1 aliphatic rings. The summed E-state index contributed by atoms with van der Waals surface area (Å²) >= 11 is 0. The van der Waals surface area contributed by atoms with Gasteiger partial charge in [0.05, 0.1) is 6.04 Å². The SMILES string of the molecule is CC(C)CC(N)C(=O)NC(Cc1ccc(OCc2ccccc2)cc1)C(=O)N1CCCC1CNc1ccccc1. The van der Waals surface area contributed by atoms with Gasteiger partial charge in [0.15, 0.2) is 0 Å². The van der Waals surface area contributed by atoms with Gasteiger partial charge in [-0.3, -0.25) is 9.59 Å². The summed E-state index contributed by atoms with van der Waals surface area (Å²) in [5.41, 5.74) is 9.26. The fraction of sp³-hybridized carbons (Fsp3) is 0.394. The normalized spacial score (nSPS) is 16.4. The van der Waals surface area contributed by atoms with Crippen molar-refractivity contribution in [2.75, 3.05) is 18.4 Å². The standard InChI is InChI=1S/C33H42N4O3/c1-24(2)20-30(34)32(38)36-31(21-25-15-17-29(18-16-25)40-23-26-10-5-3-6-11-26)33(39)37-19-9-14-28(37)22-35-27-12-7-4-8-13-27/h3-8,10-13,15-18,24,28,30-31,35H,9,14,19-23,34H2,1-2H3,(H,36,38). The van der Waals surface area contributed by atoms with E-state index in [0.717, 1.165) is 35.4 Å². The molecular formula is C33H42N4O3. The van der Waals surface area contributed by atoms with E-state index in [1.54, 1.807) is 0 Å². The van der Waals surface area contributed by atoms with Crippen LogP contribution in [0.4, 0.5) is 5.69 Å². The molecule has 0 aromatic heterocycles. The zero-order chi connectivity index (χ0) is 28.3. The van der Waals surface area contributed by atoms with E-state index in [1.165, 1.54) is 0 Å². The summed E-state index contributed by atoms with van der Waals surface area (Å²) in [6, 6.07) is 26.5. The summed E-state index contributed by atoms with van der Waals surface area (Å²) in [5, 5.41) is 6.45. The second-order valence-electron chi connectivity index (χ2n) is 11.0. The van der Waals surface area contributed by atoms with E-state index >= 15 is 0 Å². The smallest absolute Gasteiger partial charge is 0.245 e. The van der Waals surface area contributed by atoms with Crippen LogP contribution in [0.25, 0.3) is 0 Å². The van der Waals surface area contributed by atoms with E-state index in [9.17, 15) is 9.59 Å². The number of carbonyl (C=O) groups is 2. The Morgan fingerprint density at radius 3 is 2.30 bits per heavy atom. The highest BCUT2D eigenvalue weighted by Crippen LogP contribution is 2.22. The van der Waals surface area contributed by atoms with Crippen molar-refractivity contribution in [2.24, 2.45) is 11.7 Å². The maximum Gasteiger partial charge on any atom is 0.245 e. The number of amides is 2. The molecule has 0 bridgehead atoms. The lowest BCUT2D eigenvalue weighted by molar-refractivity contribution is -0.137. The van der Waals surface area contributed by atoms with Crippen molar-refractivity contribution >= 4 is 17.5 Å². The van der Waals surface area contributed by atoms with Gasteiger partial charge in [-0.15, -0.1) is 0 Å². The molecule has 212 valence electrons. The van der Waals surface area contributed by atoms with Crippen molar-refractivity contribution in [3.63, 3.8) is 0 Å². The maximum absolute atomic E-state index is 13.9. The van der Waals surface area contributed by atoms with Crippen molar-refractivity contribution in [2.45, 2.75) is 64.3 Å². The Bertz CT molecular complexity index is 1200. The first-order chi connectivity index (χ1) is 19.4. The zero-order valence-electron chi connectivity index (χ0n) is 23.6. The molecule has 7 heteroatoms. The third-order valence-corrected chi connectivity index (χ3v) is 7.26. The van der Waals surface area contributed by atoms with E-state index in [-0.39, 0.29) is 23.8 Å². The zero-order valence-corrected chi connectivity index (χ0v) is 23.6. The minimum atomic E-state index is -0.695. The highest BCUT2D eigenvalue weighted by molar-refractivity contribution is 5.90. The maximum atomic E-state index is 13.9. The van der Waals surface area contributed by atoms with Gasteiger partial charge in [0, 0.05) is 31.2 Å². The van der Waals surface area contributed by atoms with Crippen molar-refractivity contribution < 1.29 is 14.3 Å². The van der Waals surface area contributed by atoms with E-state index in [1.807, 2.05) is 104 Å². The van der Waals surface area contributed by atoms with E-state index in [4.69, 9.17) is 10.5 Å². The first-order valence-corrected chi connectivity index (χ1v) is 14.3. The number of nitrogens with zero attached hydrogens (tertiary/aromatic N) is 1. The minimum absolute atomic E-state index is 0.0604. The van der Waals surface area contributed by atoms with Gasteiger partial charge in [-0.1, -0.05) is 74.5 Å². The highest BCUT2D eigenvalue weighted by atomic mass is 16.5. The minimum Gasteiger partial charge on any atom is -0.489 e. The Hall–Kier alpha value is -3.84. The van der Waals surface area contributed by atoms with Crippen LogP contribution < -0.4 is 21.1 Å². The van der Waals surface area contributed by atoms with Gasteiger partial charge in [0.1, 0.15) is 18.4 Å². The molecule has 2 amide bonds. The molecule has 7 nitrogen and oxygen atoms in total. The van der Waals surface area contributed by atoms with Gasteiger partial charge in [0.2, 0.25) is 11.8 Å². The molecule has 1 saturated heterocycles. The molecule has 0 spiro atoms. The molecule has 1 aliphatic heterocycles. The molecule has 0 aliphatic carbocycles. The van der Waals surface area contributed by atoms with Crippen LogP contribution in [0.2, 0.25) is 0 Å². The molecule has 0 saturated carbocycles. The van der Waals surface area contributed by atoms with Gasteiger partial charge in [0.25, 0.3) is 0 Å². The largest absolute Gasteiger partial charge is 0.489 e. The molecule has 40 heavy (non-hydrogen) atoms. The number of carbonyl (C=O) groups excluding carboxylic acids is 2. The molecule has 3 aromatic carbocycles. The number of hydrogen-bond donors (Lipinski definition) is 3. The molecule has 1 fully saturated rings. The van der Waals surface area contributed by atoms with Crippen molar-refractivity contribution in [3.8, 4) is 5.75 Å².